The summed E-state index contributed by atoms with van der Waals surface area (Å²) in [5.41, 5.74) is 0. The van der Waals surface area contributed by atoms with Gasteiger partial charge in [0.2, 0.25) is 11.8 Å². The van der Waals surface area contributed by atoms with Crippen LogP contribution >= 0.6 is 0 Å². The Morgan fingerprint density at radius 1 is 1.22 bits per heavy atom. The molecule has 7 nitrogen and oxygen atoms in total. The highest BCUT2D eigenvalue weighted by Gasteiger charge is 2.20. The molecule has 1 amide bonds. The SMILES string of the molecule is CC(C)NC(=O)CN1CCN(c2cc(Oc3ccccc3F)ncn2)CC1. The number of nitrogens with zero attached hydrogens (tertiary/aromatic N) is 4. The summed E-state index contributed by atoms with van der Waals surface area (Å²) in [6.45, 7) is 7.31. The zero-order valence-electron chi connectivity index (χ0n) is 15.6. The minimum atomic E-state index is -0.439. The predicted molar refractivity (Wildman–Crippen MR) is 100 cm³/mol. The Morgan fingerprint density at radius 3 is 2.67 bits per heavy atom. The number of halogens is 1. The van der Waals surface area contributed by atoms with Gasteiger partial charge in [0.1, 0.15) is 12.1 Å². The summed E-state index contributed by atoms with van der Waals surface area (Å²) in [5.74, 6) is 0.751. The van der Waals surface area contributed by atoms with Crippen molar-refractivity contribution in [2.24, 2.45) is 0 Å². The largest absolute Gasteiger partial charge is 0.436 e. The van der Waals surface area contributed by atoms with Crippen molar-refractivity contribution >= 4 is 11.7 Å². The van der Waals surface area contributed by atoms with Crippen LogP contribution < -0.4 is 15.0 Å². The number of benzene rings is 1. The van der Waals surface area contributed by atoms with E-state index in [0.29, 0.717) is 12.4 Å². The van der Waals surface area contributed by atoms with Gasteiger partial charge < -0.3 is 15.0 Å². The molecule has 1 aliphatic rings. The van der Waals surface area contributed by atoms with Gasteiger partial charge in [-0.25, -0.2) is 14.4 Å². The Balaban J connectivity index is 1.57. The number of hydrogen-bond acceptors (Lipinski definition) is 6. The number of nitrogens with one attached hydrogen (secondary N) is 1. The average Bonchev–Trinajstić information content (AvgIpc) is 2.64. The summed E-state index contributed by atoms with van der Waals surface area (Å²) >= 11 is 0. The highest BCUT2D eigenvalue weighted by Crippen LogP contribution is 2.24. The van der Waals surface area contributed by atoms with Crippen LogP contribution in [-0.2, 0) is 4.79 Å². The molecule has 1 N–H and O–H groups in total. The van der Waals surface area contributed by atoms with Crippen molar-refractivity contribution < 1.29 is 13.9 Å². The predicted octanol–water partition coefficient (Wildman–Crippen LogP) is 2.05. The number of anilines is 1. The number of aromatic nitrogens is 2. The van der Waals surface area contributed by atoms with Crippen LogP contribution in [0.15, 0.2) is 36.7 Å². The second-order valence-corrected chi connectivity index (χ2v) is 6.73. The van der Waals surface area contributed by atoms with E-state index in [0.717, 1.165) is 32.0 Å². The molecule has 8 heteroatoms. The first-order chi connectivity index (χ1) is 13.0. The van der Waals surface area contributed by atoms with Crippen molar-refractivity contribution in [3.05, 3.63) is 42.5 Å². The van der Waals surface area contributed by atoms with E-state index < -0.39 is 5.82 Å². The van der Waals surface area contributed by atoms with Gasteiger partial charge in [-0.2, -0.15) is 0 Å². The van der Waals surface area contributed by atoms with Gasteiger partial charge in [0, 0.05) is 38.3 Å². The molecule has 3 rings (SSSR count). The van der Waals surface area contributed by atoms with Gasteiger partial charge in [-0.05, 0) is 26.0 Å². The molecule has 0 bridgehead atoms. The number of piperazine rings is 1. The van der Waals surface area contributed by atoms with Crippen LogP contribution in [0.3, 0.4) is 0 Å². The van der Waals surface area contributed by atoms with Crippen LogP contribution in [0, 0.1) is 5.82 Å². The van der Waals surface area contributed by atoms with Crippen molar-refractivity contribution in [3.8, 4) is 11.6 Å². The van der Waals surface area contributed by atoms with Crippen molar-refractivity contribution in [2.75, 3.05) is 37.6 Å². The second-order valence-electron chi connectivity index (χ2n) is 6.73. The first kappa shape index (κ1) is 19.0. The van der Waals surface area contributed by atoms with E-state index in [1.807, 2.05) is 13.8 Å². The Morgan fingerprint density at radius 2 is 1.96 bits per heavy atom. The lowest BCUT2D eigenvalue weighted by molar-refractivity contribution is -0.122. The third-order valence-corrected chi connectivity index (χ3v) is 4.19. The monoisotopic (exact) mass is 373 g/mol. The third kappa shape index (κ3) is 5.37. The van der Waals surface area contributed by atoms with Gasteiger partial charge in [0.15, 0.2) is 11.6 Å². The van der Waals surface area contributed by atoms with Crippen LogP contribution in [0.25, 0.3) is 0 Å². The van der Waals surface area contributed by atoms with Gasteiger partial charge in [-0.15, -0.1) is 0 Å². The van der Waals surface area contributed by atoms with E-state index in [9.17, 15) is 9.18 Å². The highest BCUT2D eigenvalue weighted by molar-refractivity contribution is 5.78. The maximum Gasteiger partial charge on any atom is 0.234 e. The van der Waals surface area contributed by atoms with Crippen LogP contribution in [0.4, 0.5) is 10.2 Å². The molecule has 1 aromatic heterocycles. The van der Waals surface area contributed by atoms with Crippen LogP contribution in [0.2, 0.25) is 0 Å². The molecule has 1 aliphatic heterocycles. The quantitative estimate of drug-likeness (QED) is 0.836. The maximum atomic E-state index is 13.7. The summed E-state index contributed by atoms with van der Waals surface area (Å²) < 4.78 is 19.3. The molecule has 0 unspecified atom stereocenters. The van der Waals surface area contributed by atoms with E-state index in [4.69, 9.17) is 4.74 Å². The Kier molecular flexibility index (Phi) is 6.18. The first-order valence-electron chi connectivity index (χ1n) is 9.02. The third-order valence-electron chi connectivity index (χ3n) is 4.19. The fraction of sp³-hybridized carbons (Fsp3) is 0.421. The molecule has 0 radical (unpaired) electrons. The molecule has 1 fully saturated rings. The highest BCUT2D eigenvalue weighted by atomic mass is 19.1. The Labute approximate surface area is 158 Å². The number of amides is 1. The number of para-hydroxylation sites is 1. The molecule has 2 aromatic rings. The first-order valence-corrected chi connectivity index (χ1v) is 9.02. The summed E-state index contributed by atoms with van der Waals surface area (Å²) in [4.78, 5) is 24.5. The lowest BCUT2D eigenvalue weighted by Crippen LogP contribution is -2.50. The normalized spacial score (nSPS) is 15.0. The van der Waals surface area contributed by atoms with Crippen molar-refractivity contribution in [1.29, 1.82) is 0 Å². The topological polar surface area (TPSA) is 70.6 Å². The second kappa shape index (κ2) is 8.77. The number of hydrogen-bond donors (Lipinski definition) is 1. The van der Waals surface area contributed by atoms with E-state index in [1.165, 1.54) is 12.4 Å². The number of ether oxygens (including phenoxy) is 1. The molecule has 27 heavy (non-hydrogen) atoms. The Hall–Kier alpha value is -2.74. The number of carbonyl (C=O) groups excluding carboxylic acids is 1. The summed E-state index contributed by atoms with van der Waals surface area (Å²) in [6.07, 6.45) is 1.41. The maximum absolute atomic E-state index is 13.7. The smallest absolute Gasteiger partial charge is 0.234 e. The van der Waals surface area contributed by atoms with Crippen LogP contribution in [0.5, 0.6) is 11.6 Å². The lowest BCUT2D eigenvalue weighted by atomic mass is 10.3. The fourth-order valence-corrected chi connectivity index (χ4v) is 2.90. The van der Waals surface area contributed by atoms with Gasteiger partial charge in [0.25, 0.3) is 0 Å². The zero-order valence-corrected chi connectivity index (χ0v) is 15.6. The van der Waals surface area contributed by atoms with Gasteiger partial charge in [0.05, 0.1) is 6.54 Å². The van der Waals surface area contributed by atoms with Crippen molar-refractivity contribution in [1.82, 2.24) is 20.2 Å². The minimum Gasteiger partial charge on any atom is -0.436 e. The van der Waals surface area contributed by atoms with Crippen molar-refractivity contribution in [2.45, 2.75) is 19.9 Å². The summed E-state index contributed by atoms with van der Waals surface area (Å²) in [7, 11) is 0. The minimum absolute atomic E-state index is 0.0426. The molecule has 0 aliphatic carbocycles. The van der Waals surface area contributed by atoms with Crippen LogP contribution in [0.1, 0.15) is 13.8 Å². The van der Waals surface area contributed by atoms with E-state index in [-0.39, 0.29) is 17.7 Å². The average molecular weight is 373 g/mol. The molecule has 0 spiro atoms. The zero-order chi connectivity index (χ0) is 19.2. The van der Waals surface area contributed by atoms with Gasteiger partial charge in [-0.3, -0.25) is 9.69 Å². The molecule has 0 saturated carbocycles. The molecular formula is C19H24FN5O2. The van der Waals surface area contributed by atoms with E-state index in [1.54, 1.807) is 24.3 Å². The molecule has 1 aromatic carbocycles. The summed E-state index contributed by atoms with van der Waals surface area (Å²) in [6, 6.07) is 8.05. The van der Waals surface area contributed by atoms with E-state index in [2.05, 4.69) is 25.1 Å². The standard InChI is InChI=1S/C19H24FN5O2/c1-14(2)23-18(26)12-24-7-9-25(10-8-24)17-11-19(22-13-21-17)27-16-6-4-3-5-15(16)20/h3-6,11,13-14H,7-10,12H2,1-2H3,(H,23,26). The molecular weight excluding hydrogens is 349 g/mol. The number of rotatable bonds is 6. The number of carbonyl (C=O) groups is 1. The molecule has 1 saturated heterocycles. The molecule has 2 heterocycles. The molecule has 0 atom stereocenters. The molecule has 144 valence electrons. The van der Waals surface area contributed by atoms with Crippen molar-refractivity contribution in [3.63, 3.8) is 0 Å². The van der Waals surface area contributed by atoms with Gasteiger partial charge in [-0.1, -0.05) is 12.1 Å². The Bertz CT molecular complexity index is 778. The van der Waals surface area contributed by atoms with E-state index >= 15 is 0 Å². The fourth-order valence-electron chi connectivity index (χ4n) is 2.90. The summed E-state index contributed by atoms with van der Waals surface area (Å²) in [5, 5.41) is 2.91. The van der Waals surface area contributed by atoms with Crippen LogP contribution in [-0.4, -0.2) is 59.5 Å². The lowest BCUT2D eigenvalue weighted by Gasteiger charge is -2.35. The van der Waals surface area contributed by atoms with Gasteiger partial charge >= 0.3 is 0 Å².